The molecule has 0 saturated carbocycles. The predicted octanol–water partition coefficient (Wildman–Crippen LogP) is 5.49. The molecule has 2 heteroatoms. The van der Waals surface area contributed by atoms with Crippen molar-refractivity contribution in [2.24, 2.45) is 0 Å². The fourth-order valence-corrected chi connectivity index (χ4v) is 2.39. The fourth-order valence-electron chi connectivity index (χ4n) is 2.39. The van der Waals surface area contributed by atoms with E-state index in [0.717, 1.165) is 30.0 Å². The molecule has 2 nitrogen and oxygen atoms in total. The highest BCUT2D eigenvalue weighted by Crippen LogP contribution is 2.28. The van der Waals surface area contributed by atoms with Crippen LogP contribution < -0.4 is 4.74 Å². The van der Waals surface area contributed by atoms with Crippen LogP contribution in [0.1, 0.15) is 45.4 Å². The first-order chi connectivity index (χ1) is 10.4. The molecule has 1 aromatic carbocycles. The van der Waals surface area contributed by atoms with E-state index in [1.54, 1.807) is 0 Å². The van der Waals surface area contributed by atoms with E-state index in [0.29, 0.717) is 0 Å². The Bertz CT molecular complexity index is 510. The number of para-hydroxylation sites is 1. The average Bonchev–Trinajstić information content (AvgIpc) is 2.55. The second kappa shape index (κ2) is 9.17. The Morgan fingerprint density at radius 1 is 0.857 bits per heavy atom. The summed E-state index contributed by atoms with van der Waals surface area (Å²) in [6.07, 6.45) is 9.52. The lowest BCUT2D eigenvalue weighted by atomic mass is 10.1. The zero-order chi connectivity index (χ0) is 14.8. The number of ether oxygens (including phenoxy) is 1. The first-order valence-corrected chi connectivity index (χ1v) is 8.05. The molecule has 1 aromatic heterocycles. The van der Waals surface area contributed by atoms with E-state index in [9.17, 15) is 0 Å². The van der Waals surface area contributed by atoms with Crippen molar-refractivity contribution in [1.29, 1.82) is 0 Å². The summed E-state index contributed by atoms with van der Waals surface area (Å²) in [7, 11) is 0. The predicted molar refractivity (Wildman–Crippen MR) is 88.5 cm³/mol. The van der Waals surface area contributed by atoms with Gasteiger partial charge in [-0.1, -0.05) is 57.2 Å². The molecular formula is C19H25NO. The third-order valence-corrected chi connectivity index (χ3v) is 3.58. The van der Waals surface area contributed by atoms with Crippen molar-refractivity contribution in [2.45, 2.75) is 45.4 Å². The number of nitrogens with zero attached hydrogens (tertiary/aromatic N) is 1. The zero-order valence-electron chi connectivity index (χ0n) is 12.9. The van der Waals surface area contributed by atoms with Gasteiger partial charge in [0.1, 0.15) is 5.75 Å². The number of hydrogen-bond donors (Lipinski definition) is 0. The lowest BCUT2D eigenvalue weighted by molar-refractivity contribution is 0.305. The van der Waals surface area contributed by atoms with Crippen molar-refractivity contribution in [3.05, 3.63) is 48.7 Å². The van der Waals surface area contributed by atoms with E-state index in [4.69, 9.17) is 4.74 Å². The minimum Gasteiger partial charge on any atom is -0.493 e. The molecule has 0 N–H and O–H groups in total. The Kier molecular flexibility index (Phi) is 6.79. The van der Waals surface area contributed by atoms with Gasteiger partial charge >= 0.3 is 0 Å². The van der Waals surface area contributed by atoms with Gasteiger partial charge in [0.05, 0.1) is 12.3 Å². The molecule has 112 valence electrons. The highest BCUT2D eigenvalue weighted by molar-refractivity contribution is 5.66. The third kappa shape index (κ3) is 5.22. The van der Waals surface area contributed by atoms with Gasteiger partial charge < -0.3 is 4.74 Å². The Labute approximate surface area is 128 Å². The summed E-state index contributed by atoms with van der Waals surface area (Å²) in [5.41, 5.74) is 2.04. The Balaban J connectivity index is 1.84. The molecule has 2 rings (SSSR count). The summed E-state index contributed by atoms with van der Waals surface area (Å²) in [4.78, 5) is 4.41. The summed E-state index contributed by atoms with van der Waals surface area (Å²) >= 11 is 0. The van der Waals surface area contributed by atoms with Gasteiger partial charge in [-0.2, -0.15) is 0 Å². The molecule has 0 atom stereocenters. The van der Waals surface area contributed by atoms with Gasteiger partial charge in [-0.15, -0.1) is 0 Å². The van der Waals surface area contributed by atoms with E-state index < -0.39 is 0 Å². The fraction of sp³-hybridized carbons (Fsp3) is 0.421. The standard InChI is InChI=1S/C19H25NO/c1-2-3-4-5-6-11-16-21-19-14-8-7-12-17(19)18-13-9-10-15-20-18/h7-10,12-15H,2-6,11,16H2,1H3. The van der Waals surface area contributed by atoms with Crippen LogP contribution >= 0.6 is 0 Å². The third-order valence-electron chi connectivity index (χ3n) is 3.58. The average molecular weight is 283 g/mol. The van der Waals surface area contributed by atoms with Crippen LogP contribution in [0.5, 0.6) is 5.75 Å². The number of pyridine rings is 1. The zero-order valence-corrected chi connectivity index (χ0v) is 12.9. The lowest BCUT2D eigenvalue weighted by Gasteiger charge is -2.11. The van der Waals surface area contributed by atoms with Gasteiger partial charge in [-0.3, -0.25) is 4.98 Å². The van der Waals surface area contributed by atoms with Crippen molar-refractivity contribution in [3.8, 4) is 17.0 Å². The van der Waals surface area contributed by atoms with Gasteiger partial charge in [0.25, 0.3) is 0 Å². The number of benzene rings is 1. The smallest absolute Gasteiger partial charge is 0.128 e. The first kappa shape index (κ1) is 15.6. The SMILES string of the molecule is CCCCCCCCOc1ccccc1-c1ccccn1. The Morgan fingerprint density at radius 3 is 2.43 bits per heavy atom. The van der Waals surface area contributed by atoms with Crippen molar-refractivity contribution in [2.75, 3.05) is 6.61 Å². The monoisotopic (exact) mass is 283 g/mol. The summed E-state index contributed by atoms with van der Waals surface area (Å²) < 4.78 is 5.96. The minimum atomic E-state index is 0.788. The summed E-state index contributed by atoms with van der Waals surface area (Å²) in [5.74, 6) is 0.935. The van der Waals surface area contributed by atoms with E-state index in [2.05, 4.69) is 18.0 Å². The Morgan fingerprint density at radius 2 is 1.62 bits per heavy atom. The summed E-state index contributed by atoms with van der Waals surface area (Å²) in [6.45, 7) is 3.04. The van der Waals surface area contributed by atoms with Crippen LogP contribution in [0.15, 0.2) is 48.7 Å². The Hall–Kier alpha value is -1.83. The molecule has 1 heterocycles. The van der Waals surface area contributed by atoms with Crippen LogP contribution in [0, 0.1) is 0 Å². The number of hydrogen-bond acceptors (Lipinski definition) is 2. The van der Waals surface area contributed by atoms with E-state index >= 15 is 0 Å². The number of unbranched alkanes of at least 4 members (excludes halogenated alkanes) is 5. The van der Waals surface area contributed by atoms with Gasteiger partial charge in [0.15, 0.2) is 0 Å². The maximum absolute atomic E-state index is 5.96. The maximum atomic E-state index is 5.96. The molecule has 0 aliphatic heterocycles. The van der Waals surface area contributed by atoms with Crippen LogP contribution in [0.3, 0.4) is 0 Å². The van der Waals surface area contributed by atoms with Crippen molar-refractivity contribution < 1.29 is 4.74 Å². The van der Waals surface area contributed by atoms with E-state index in [1.165, 1.54) is 32.1 Å². The van der Waals surface area contributed by atoms with Gasteiger partial charge in [-0.05, 0) is 30.7 Å². The molecule has 0 unspecified atom stereocenters. The second-order valence-corrected chi connectivity index (χ2v) is 5.33. The molecule has 0 amide bonds. The van der Waals surface area contributed by atoms with Crippen molar-refractivity contribution in [3.63, 3.8) is 0 Å². The summed E-state index contributed by atoms with van der Waals surface area (Å²) in [5, 5.41) is 0. The molecule has 0 aliphatic carbocycles. The lowest BCUT2D eigenvalue weighted by Crippen LogP contribution is -1.99. The molecule has 0 saturated heterocycles. The highest BCUT2D eigenvalue weighted by Gasteiger charge is 2.06. The molecule has 0 radical (unpaired) electrons. The first-order valence-electron chi connectivity index (χ1n) is 8.05. The number of rotatable bonds is 9. The second-order valence-electron chi connectivity index (χ2n) is 5.33. The quantitative estimate of drug-likeness (QED) is 0.568. The van der Waals surface area contributed by atoms with Gasteiger partial charge in [0, 0.05) is 11.8 Å². The molecule has 21 heavy (non-hydrogen) atoms. The van der Waals surface area contributed by atoms with Crippen LogP contribution in [0.2, 0.25) is 0 Å². The minimum absolute atomic E-state index is 0.788. The maximum Gasteiger partial charge on any atom is 0.128 e. The van der Waals surface area contributed by atoms with E-state index in [1.807, 2.05) is 42.6 Å². The van der Waals surface area contributed by atoms with Crippen LogP contribution in [0.4, 0.5) is 0 Å². The van der Waals surface area contributed by atoms with Crippen LogP contribution in [-0.4, -0.2) is 11.6 Å². The molecule has 0 fully saturated rings. The normalized spacial score (nSPS) is 10.5. The molecule has 2 aromatic rings. The van der Waals surface area contributed by atoms with Crippen molar-refractivity contribution >= 4 is 0 Å². The van der Waals surface area contributed by atoms with Crippen LogP contribution in [0.25, 0.3) is 11.3 Å². The largest absolute Gasteiger partial charge is 0.493 e. The van der Waals surface area contributed by atoms with Gasteiger partial charge in [0.2, 0.25) is 0 Å². The molecule has 0 spiro atoms. The molecule has 0 aliphatic rings. The molecular weight excluding hydrogens is 258 g/mol. The number of aromatic nitrogens is 1. The summed E-state index contributed by atoms with van der Waals surface area (Å²) in [6, 6.07) is 14.1. The van der Waals surface area contributed by atoms with Crippen molar-refractivity contribution in [1.82, 2.24) is 4.98 Å². The van der Waals surface area contributed by atoms with E-state index in [-0.39, 0.29) is 0 Å². The topological polar surface area (TPSA) is 22.1 Å². The highest BCUT2D eigenvalue weighted by atomic mass is 16.5. The van der Waals surface area contributed by atoms with Gasteiger partial charge in [-0.25, -0.2) is 0 Å². The van der Waals surface area contributed by atoms with Crippen LogP contribution in [-0.2, 0) is 0 Å². The molecule has 0 bridgehead atoms.